The van der Waals surface area contributed by atoms with Crippen molar-refractivity contribution in [2.24, 2.45) is 5.92 Å². The molecular weight excluding hydrogens is 437 g/mol. The molecule has 2 amide bonds. The van der Waals surface area contributed by atoms with Gasteiger partial charge in [0.15, 0.2) is 0 Å². The SMILES string of the molecule is CNC(=O)c1cc(NC(=O)c2c(C(F)(F)F)c(C)nn2CC2CCC(F)(F)CC2)ccn1. The molecule has 2 aromatic heterocycles. The number of aryl methyl sites for hydroxylation is 1. The zero-order valence-electron chi connectivity index (χ0n) is 17.4. The Bertz CT molecular complexity index is 1010. The lowest BCUT2D eigenvalue weighted by Gasteiger charge is -2.28. The van der Waals surface area contributed by atoms with E-state index in [1.807, 2.05) is 0 Å². The van der Waals surface area contributed by atoms with E-state index in [1.165, 1.54) is 25.4 Å². The Morgan fingerprint density at radius 3 is 2.47 bits per heavy atom. The average Bonchev–Trinajstić information content (AvgIpc) is 3.05. The highest BCUT2D eigenvalue weighted by molar-refractivity contribution is 6.05. The van der Waals surface area contributed by atoms with Crippen LogP contribution >= 0.6 is 0 Å². The molecule has 7 nitrogen and oxygen atoms in total. The summed E-state index contributed by atoms with van der Waals surface area (Å²) >= 11 is 0. The van der Waals surface area contributed by atoms with Gasteiger partial charge >= 0.3 is 6.18 Å². The molecule has 2 N–H and O–H groups in total. The number of carbonyl (C=O) groups excluding carboxylic acids is 2. The smallest absolute Gasteiger partial charge is 0.354 e. The molecule has 0 radical (unpaired) electrons. The lowest BCUT2D eigenvalue weighted by molar-refractivity contribution is -0.138. The van der Waals surface area contributed by atoms with Gasteiger partial charge in [0.25, 0.3) is 11.8 Å². The summed E-state index contributed by atoms with van der Waals surface area (Å²) in [4.78, 5) is 28.5. The molecule has 0 unspecified atom stereocenters. The van der Waals surface area contributed by atoms with Gasteiger partial charge in [-0.1, -0.05) is 0 Å². The standard InChI is InChI=1S/C20H22F5N5O2/c1-11-15(20(23,24)25)16(30(29-11)10-12-3-6-19(21,22)7-4-12)18(32)28-13-5-8-27-14(9-13)17(31)26-2/h5,8-9,12H,3-4,6-7,10H2,1-2H3,(H,26,31)(H,27,28,32). The number of nitrogens with one attached hydrogen (secondary N) is 2. The van der Waals surface area contributed by atoms with E-state index in [-0.39, 0.29) is 55.2 Å². The second-order valence-corrected chi connectivity index (χ2v) is 7.75. The van der Waals surface area contributed by atoms with E-state index in [2.05, 4.69) is 20.7 Å². The Kier molecular flexibility index (Phi) is 6.51. The Hall–Kier alpha value is -3.05. The van der Waals surface area contributed by atoms with Gasteiger partial charge in [-0.05, 0) is 37.8 Å². The first-order valence-electron chi connectivity index (χ1n) is 9.93. The largest absolute Gasteiger partial charge is 0.420 e. The predicted molar refractivity (Wildman–Crippen MR) is 104 cm³/mol. The van der Waals surface area contributed by atoms with Crippen molar-refractivity contribution in [1.29, 1.82) is 0 Å². The fraction of sp³-hybridized carbons (Fsp3) is 0.500. The monoisotopic (exact) mass is 459 g/mol. The topological polar surface area (TPSA) is 88.9 Å². The molecule has 0 bridgehead atoms. The van der Waals surface area contributed by atoms with E-state index in [0.29, 0.717) is 0 Å². The summed E-state index contributed by atoms with van der Waals surface area (Å²) in [7, 11) is 1.38. The van der Waals surface area contributed by atoms with Crippen molar-refractivity contribution in [3.05, 3.63) is 41.0 Å². The highest BCUT2D eigenvalue weighted by Crippen LogP contribution is 2.38. The minimum Gasteiger partial charge on any atom is -0.354 e. The van der Waals surface area contributed by atoms with E-state index >= 15 is 0 Å². The highest BCUT2D eigenvalue weighted by Gasteiger charge is 2.42. The zero-order chi connectivity index (χ0) is 23.7. The first-order valence-corrected chi connectivity index (χ1v) is 9.93. The van der Waals surface area contributed by atoms with Crippen LogP contribution in [0.4, 0.5) is 27.6 Å². The molecule has 1 saturated carbocycles. The minimum atomic E-state index is -4.85. The van der Waals surface area contributed by atoms with E-state index in [4.69, 9.17) is 0 Å². The molecule has 2 heterocycles. The summed E-state index contributed by atoms with van der Waals surface area (Å²) in [5, 5.41) is 8.61. The second kappa shape index (κ2) is 8.83. The van der Waals surface area contributed by atoms with Crippen LogP contribution < -0.4 is 10.6 Å². The second-order valence-electron chi connectivity index (χ2n) is 7.75. The number of hydrogen-bond donors (Lipinski definition) is 2. The van der Waals surface area contributed by atoms with E-state index < -0.39 is 35.2 Å². The van der Waals surface area contributed by atoms with Gasteiger partial charge in [-0.2, -0.15) is 18.3 Å². The molecule has 174 valence electrons. The number of anilines is 1. The molecule has 0 aromatic carbocycles. The predicted octanol–water partition coefficient (Wildman–Crippen LogP) is 4.04. The van der Waals surface area contributed by atoms with Crippen LogP contribution in [-0.2, 0) is 12.7 Å². The van der Waals surface area contributed by atoms with Gasteiger partial charge < -0.3 is 10.6 Å². The van der Waals surface area contributed by atoms with Crippen LogP contribution in [0, 0.1) is 12.8 Å². The highest BCUT2D eigenvalue weighted by atomic mass is 19.4. The lowest BCUT2D eigenvalue weighted by Crippen LogP contribution is -2.29. The number of aromatic nitrogens is 3. The van der Waals surface area contributed by atoms with Crippen LogP contribution in [0.15, 0.2) is 18.3 Å². The molecule has 1 fully saturated rings. The molecule has 0 atom stereocenters. The number of amides is 2. The third kappa shape index (κ3) is 5.22. The van der Waals surface area contributed by atoms with Gasteiger partial charge in [0.1, 0.15) is 17.0 Å². The van der Waals surface area contributed by atoms with Crippen molar-refractivity contribution in [1.82, 2.24) is 20.1 Å². The number of hydrogen-bond acceptors (Lipinski definition) is 4. The van der Waals surface area contributed by atoms with Crippen molar-refractivity contribution in [2.75, 3.05) is 12.4 Å². The summed E-state index contributed by atoms with van der Waals surface area (Å²) < 4.78 is 69.0. The van der Waals surface area contributed by atoms with Crippen molar-refractivity contribution in [3.8, 4) is 0 Å². The summed E-state index contributed by atoms with van der Waals surface area (Å²) in [6.45, 7) is 1.05. The average molecular weight is 459 g/mol. The van der Waals surface area contributed by atoms with Crippen molar-refractivity contribution < 1.29 is 31.5 Å². The van der Waals surface area contributed by atoms with E-state index in [9.17, 15) is 31.5 Å². The first-order chi connectivity index (χ1) is 14.9. The number of halogens is 5. The van der Waals surface area contributed by atoms with Gasteiger partial charge in [-0.3, -0.25) is 19.3 Å². The molecule has 32 heavy (non-hydrogen) atoms. The molecule has 2 aromatic rings. The molecule has 0 aliphatic heterocycles. The molecule has 0 spiro atoms. The maximum absolute atomic E-state index is 13.7. The summed E-state index contributed by atoms with van der Waals surface area (Å²) in [5.41, 5.74) is -2.24. The third-order valence-electron chi connectivity index (χ3n) is 5.37. The molecule has 0 saturated heterocycles. The van der Waals surface area contributed by atoms with Gasteiger partial charge in [-0.25, -0.2) is 8.78 Å². The molecule has 1 aliphatic carbocycles. The third-order valence-corrected chi connectivity index (χ3v) is 5.37. The summed E-state index contributed by atoms with van der Waals surface area (Å²) in [6, 6.07) is 2.55. The maximum atomic E-state index is 13.7. The quantitative estimate of drug-likeness (QED) is 0.661. The zero-order valence-corrected chi connectivity index (χ0v) is 17.4. The van der Waals surface area contributed by atoms with Crippen LogP contribution in [0.2, 0.25) is 0 Å². The number of nitrogens with zero attached hydrogens (tertiary/aromatic N) is 3. The summed E-state index contributed by atoms with van der Waals surface area (Å²) in [6.07, 6.45) is -4.09. The first kappa shape index (κ1) is 23.6. The summed E-state index contributed by atoms with van der Waals surface area (Å²) in [5.74, 6) is -4.72. The molecule has 3 rings (SSSR count). The van der Waals surface area contributed by atoms with Crippen molar-refractivity contribution in [3.63, 3.8) is 0 Å². The fourth-order valence-corrected chi connectivity index (χ4v) is 3.76. The van der Waals surface area contributed by atoms with E-state index in [0.717, 1.165) is 11.6 Å². The number of carbonyl (C=O) groups is 2. The van der Waals surface area contributed by atoms with Crippen LogP contribution in [0.1, 0.15) is 57.9 Å². The Morgan fingerprint density at radius 2 is 1.88 bits per heavy atom. The van der Waals surface area contributed by atoms with Crippen molar-refractivity contribution in [2.45, 2.75) is 51.3 Å². The fourth-order valence-electron chi connectivity index (χ4n) is 3.76. The van der Waals surface area contributed by atoms with Gasteiger partial charge in [0.2, 0.25) is 5.92 Å². The van der Waals surface area contributed by atoms with Gasteiger partial charge in [-0.15, -0.1) is 0 Å². The normalized spacial score (nSPS) is 16.6. The molecular formula is C20H22F5N5O2. The van der Waals surface area contributed by atoms with Gasteiger partial charge in [0.05, 0.1) is 5.69 Å². The van der Waals surface area contributed by atoms with Crippen LogP contribution in [0.3, 0.4) is 0 Å². The lowest BCUT2D eigenvalue weighted by atomic mass is 9.87. The van der Waals surface area contributed by atoms with E-state index in [1.54, 1.807) is 0 Å². The van der Waals surface area contributed by atoms with Crippen LogP contribution in [0.5, 0.6) is 0 Å². The van der Waals surface area contributed by atoms with Gasteiger partial charge in [0, 0.05) is 38.3 Å². The Labute approximate surface area is 180 Å². The molecule has 12 heteroatoms. The van der Waals surface area contributed by atoms with Crippen molar-refractivity contribution >= 4 is 17.5 Å². The number of rotatable bonds is 5. The number of pyridine rings is 1. The molecule has 1 aliphatic rings. The van der Waals surface area contributed by atoms with Crippen LogP contribution in [0.25, 0.3) is 0 Å². The Balaban J connectivity index is 1.91. The Morgan fingerprint density at radius 1 is 1.22 bits per heavy atom. The van der Waals surface area contributed by atoms with Crippen LogP contribution in [-0.4, -0.2) is 39.5 Å². The minimum absolute atomic E-state index is 0.0332. The maximum Gasteiger partial charge on any atom is 0.420 e. The number of alkyl halides is 5.